The van der Waals surface area contributed by atoms with Gasteiger partial charge in [0.15, 0.2) is 0 Å². The fourth-order valence-electron chi connectivity index (χ4n) is 3.81. The van der Waals surface area contributed by atoms with E-state index in [9.17, 15) is 13.2 Å². The van der Waals surface area contributed by atoms with E-state index in [0.717, 1.165) is 32.4 Å². The van der Waals surface area contributed by atoms with Crippen LogP contribution in [-0.4, -0.2) is 51.4 Å². The Hall–Kier alpha value is -1.15. The molecule has 158 valence electrons. The zero-order chi connectivity index (χ0) is 19.3. The first kappa shape index (κ1) is 23.1. The molecule has 0 spiro atoms. The average molecular weight is 430 g/mol. The van der Waals surface area contributed by atoms with Gasteiger partial charge in [0, 0.05) is 25.2 Å². The van der Waals surface area contributed by atoms with Crippen molar-refractivity contribution in [2.75, 3.05) is 32.7 Å². The van der Waals surface area contributed by atoms with Gasteiger partial charge in [-0.3, -0.25) is 4.79 Å². The van der Waals surface area contributed by atoms with E-state index < -0.39 is 10.0 Å². The molecule has 8 heteroatoms. The minimum atomic E-state index is -3.46. The topological polar surface area (TPSA) is 78.5 Å². The zero-order valence-electron chi connectivity index (χ0n) is 16.5. The van der Waals surface area contributed by atoms with Crippen LogP contribution in [0.2, 0.25) is 0 Å². The fraction of sp³-hybridized carbons (Fsp3) is 0.650. The molecule has 28 heavy (non-hydrogen) atoms. The number of nitrogens with one attached hydrogen (secondary N) is 2. The number of piperidine rings is 2. The summed E-state index contributed by atoms with van der Waals surface area (Å²) >= 11 is 0. The molecule has 6 nitrogen and oxygen atoms in total. The van der Waals surface area contributed by atoms with Crippen LogP contribution in [0, 0.1) is 11.8 Å². The minimum Gasteiger partial charge on any atom is -0.352 e. The number of halogens is 1. The third-order valence-electron chi connectivity index (χ3n) is 5.73. The highest BCUT2D eigenvalue weighted by atomic mass is 35.5. The van der Waals surface area contributed by atoms with Gasteiger partial charge >= 0.3 is 0 Å². The Labute approximate surface area is 174 Å². The number of carbonyl (C=O) groups is 1. The number of hydrogen-bond acceptors (Lipinski definition) is 4. The summed E-state index contributed by atoms with van der Waals surface area (Å²) in [6.45, 7) is 6.06. The highest BCUT2D eigenvalue weighted by Crippen LogP contribution is 2.23. The SMILES string of the molecule is CC1CCN(S(=O)(=O)c2ccc(C(=O)NCCC3CCCNC3)cc2)CC1.Cl. The van der Waals surface area contributed by atoms with Crippen molar-refractivity contribution < 1.29 is 13.2 Å². The number of benzene rings is 1. The Balaban J connectivity index is 0.00000280. The Bertz CT molecular complexity index is 726. The highest BCUT2D eigenvalue weighted by Gasteiger charge is 2.28. The molecule has 1 aromatic rings. The summed E-state index contributed by atoms with van der Waals surface area (Å²) in [5.41, 5.74) is 0.503. The van der Waals surface area contributed by atoms with Crippen molar-refractivity contribution in [1.29, 1.82) is 0 Å². The summed E-state index contributed by atoms with van der Waals surface area (Å²) in [6, 6.07) is 6.31. The summed E-state index contributed by atoms with van der Waals surface area (Å²) in [6.07, 6.45) is 5.18. The second kappa shape index (κ2) is 10.6. The third-order valence-corrected chi connectivity index (χ3v) is 7.65. The number of sulfonamides is 1. The van der Waals surface area contributed by atoms with Gasteiger partial charge in [0.05, 0.1) is 4.90 Å². The van der Waals surface area contributed by atoms with Crippen molar-refractivity contribution in [3.8, 4) is 0 Å². The third kappa shape index (κ3) is 5.92. The first-order valence-electron chi connectivity index (χ1n) is 10.1. The lowest BCUT2D eigenvalue weighted by Gasteiger charge is -2.29. The maximum absolute atomic E-state index is 12.7. The number of hydrogen-bond donors (Lipinski definition) is 2. The van der Waals surface area contributed by atoms with Gasteiger partial charge in [0.25, 0.3) is 5.91 Å². The van der Waals surface area contributed by atoms with E-state index in [4.69, 9.17) is 0 Å². The molecule has 1 unspecified atom stereocenters. The first-order chi connectivity index (χ1) is 13.0. The van der Waals surface area contributed by atoms with Crippen LogP contribution < -0.4 is 10.6 Å². The van der Waals surface area contributed by atoms with Crippen LogP contribution in [0.1, 0.15) is 49.4 Å². The molecule has 2 heterocycles. The highest BCUT2D eigenvalue weighted by molar-refractivity contribution is 7.89. The van der Waals surface area contributed by atoms with Crippen molar-refractivity contribution in [1.82, 2.24) is 14.9 Å². The summed E-state index contributed by atoms with van der Waals surface area (Å²) in [4.78, 5) is 12.6. The molecule has 2 aliphatic heterocycles. The quantitative estimate of drug-likeness (QED) is 0.728. The van der Waals surface area contributed by atoms with Crippen molar-refractivity contribution >= 4 is 28.3 Å². The van der Waals surface area contributed by atoms with Gasteiger partial charge in [-0.2, -0.15) is 4.31 Å². The number of rotatable bonds is 6. The lowest BCUT2D eigenvalue weighted by atomic mass is 9.96. The monoisotopic (exact) mass is 429 g/mol. The molecule has 1 aromatic carbocycles. The molecular formula is C20H32ClN3O3S. The van der Waals surface area contributed by atoms with Crippen molar-refractivity contribution in [2.45, 2.75) is 43.9 Å². The van der Waals surface area contributed by atoms with E-state index in [-0.39, 0.29) is 23.2 Å². The van der Waals surface area contributed by atoms with E-state index in [1.165, 1.54) is 12.8 Å². The molecule has 2 fully saturated rings. The summed E-state index contributed by atoms with van der Waals surface area (Å²) in [7, 11) is -3.46. The molecule has 0 aromatic heterocycles. The molecule has 2 saturated heterocycles. The van der Waals surface area contributed by atoms with Crippen LogP contribution in [-0.2, 0) is 10.0 Å². The van der Waals surface area contributed by atoms with Gasteiger partial charge in [-0.15, -0.1) is 12.4 Å². The van der Waals surface area contributed by atoms with E-state index >= 15 is 0 Å². The summed E-state index contributed by atoms with van der Waals surface area (Å²) < 4.78 is 27.0. The summed E-state index contributed by atoms with van der Waals surface area (Å²) in [5, 5.41) is 6.33. The largest absolute Gasteiger partial charge is 0.352 e. The number of nitrogens with zero attached hydrogens (tertiary/aromatic N) is 1. The summed E-state index contributed by atoms with van der Waals surface area (Å²) in [5.74, 6) is 1.06. The molecule has 0 radical (unpaired) electrons. The van der Waals surface area contributed by atoms with Crippen LogP contribution in [0.3, 0.4) is 0 Å². The predicted octanol–water partition coefficient (Wildman–Crippen LogP) is 2.65. The molecule has 2 N–H and O–H groups in total. The number of carbonyl (C=O) groups excluding carboxylic acids is 1. The molecule has 0 aliphatic carbocycles. The lowest BCUT2D eigenvalue weighted by Crippen LogP contribution is -2.37. The van der Waals surface area contributed by atoms with Crippen molar-refractivity contribution in [3.05, 3.63) is 29.8 Å². The smallest absolute Gasteiger partial charge is 0.251 e. The van der Waals surface area contributed by atoms with E-state index in [0.29, 0.717) is 37.0 Å². The van der Waals surface area contributed by atoms with Gasteiger partial charge < -0.3 is 10.6 Å². The molecule has 3 rings (SSSR count). The fourth-order valence-corrected chi connectivity index (χ4v) is 5.28. The normalized spacial score (nSPS) is 21.7. The van der Waals surface area contributed by atoms with Crippen molar-refractivity contribution in [3.63, 3.8) is 0 Å². The minimum absolute atomic E-state index is 0. The van der Waals surface area contributed by atoms with E-state index in [1.807, 2.05) is 0 Å². The molecule has 1 atom stereocenters. The second-order valence-corrected chi connectivity index (χ2v) is 9.81. The second-order valence-electron chi connectivity index (χ2n) is 7.87. The van der Waals surface area contributed by atoms with Crippen molar-refractivity contribution in [2.24, 2.45) is 11.8 Å². The Kier molecular flexibility index (Phi) is 8.74. The van der Waals surface area contributed by atoms with Gasteiger partial charge in [-0.25, -0.2) is 8.42 Å². The lowest BCUT2D eigenvalue weighted by molar-refractivity contribution is 0.0950. The molecule has 2 aliphatic rings. The van der Waals surface area contributed by atoms with Gasteiger partial charge in [0.2, 0.25) is 10.0 Å². The molecule has 1 amide bonds. The van der Waals surface area contributed by atoms with E-state index in [2.05, 4.69) is 17.6 Å². The van der Waals surface area contributed by atoms with Crippen LogP contribution in [0.25, 0.3) is 0 Å². The maximum Gasteiger partial charge on any atom is 0.251 e. The molecule has 0 bridgehead atoms. The Morgan fingerprint density at radius 1 is 1.18 bits per heavy atom. The van der Waals surface area contributed by atoms with Crippen LogP contribution in [0.5, 0.6) is 0 Å². The average Bonchev–Trinajstić information content (AvgIpc) is 2.69. The predicted molar refractivity (Wildman–Crippen MR) is 113 cm³/mol. The van der Waals surface area contributed by atoms with Crippen LogP contribution in [0.4, 0.5) is 0 Å². The van der Waals surface area contributed by atoms with Gasteiger partial charge in [-0.1, -0.05) is 6.92 Å². The van der Waals surface area contributed by atoms with Gasteiger partial charge in [0.1, 0.15) is 0 Å². The van der Waals surface area contributed by atoms with Crippen LogP contribution in [0.15, 0.2) is 29.2 Å². The standard InChI is InChI=1S/C20H31N3O3S.ClH/c1-16-9-13-23(14-10-16)27(25,26)19-6-4-18(5-7-19)20(24)22-12-8-17-3-2-11-21-15-17;/h4-7,16-17,21H,2-3,8-15H2,1H3,(H,22,24);1H. The Morgan fingerprint density at radius 3 is 2.46 bits per heavy atom. The molecular weight excluding hydrogens is 398 g/mol. The Morgan fingerprint density at radius 2 is 1.86 bits per heavy atom. The number of amides is 1. The maximum atomic E-state index is 12.7. The first-order valence-corrected chi connectivity index (χ1v) is 11.5. The van der Waals surface area contributed by atoms with Gasteiger partial charge in [-0.05, 0) is 81.3 Å². The van der Waals surface area contributed by atoms with E-state index in [1.54, 1.807) is 28.6 Å². The zero-order valence-corrected chi connectivity index (χ0v) is 18.2. The van der Waals surface area contributed by atoms with Crippen LogP contribution >= 0.6 is 12.4 Å². The molecule has 0 saturated carbocycles.